The van der Waals surface area contributed by atoms with Crippen LogP contribution in [0.1, 0.15) is 29.5 Å². The van der Waals surface area contributed by atoms with E-state index in [0.29, 0.717) is 0 Å². The number of aromatic amines is 1. The molecule has 0 aliphatic heterocycles. The summed E-state index contributed by atoms with van der Waals surface area (Å²) in [6.07, 6.45) is 5.50. The summed E-state index contributed by atoms with van der Waals surface area (Å²) in [7, 11) is 0. The summed E-state index contributed by atoms with van der Waals surface area (Å²) >= 11 is 6.05. The van der Waals surface area contributed by atoms with Crippen molar-refractivity contribution >= 4 is 17.3 Å². The third-order valence-electron chi connectivity index (χ3n) is 5.31. The van der Waals surface area contributed by atoms with Crippen molar-refractivity contribution in [3.05, 3.63) is 76.9 Å². The van der Waals surface area contributed by atoms with Crippen molar-refractivity contribution in [3.63, 3.8) is 0 Å². The Morgan fingerprint density at radius 3 is 2.79 bits per heavy atom. The van der Waals surface area contributed by atoms with Gasteiger partial charge in [0.25, 0.3) is 0 Å². The molecule has 1 atom stereocenters. The Bertz CT molecular complexity index is 1120. The zero-order valence-electron chi connectivity index (χ0n) is 15.4. The van der Waals surface area contributed by atoms with E-state index in [2.05, 4.69) is 38.9 Å². The molecule has 5 rings (SSSR count). The number of H-pyrrole nitrogens is 1. The normalized spacial score (nSPS) is 15.6. The monoisotopic (exact) mass is 390 g/mol. The summed E-state index contributed by atoms with van der Waals surface area (Å²) < 4.78 is 5.63. The lowest BCUT2D eigenvalue weighted by molar-refractivity contribution is 0.376. The molecule has 2 aromatic heterocycles. The van der Waals surface area contributed by atoms with Crippen LogP contribution in [-0.2, 0) is 6.42 Å². The molecule has 0 radical (unpaired) electrons. The number of benzene rings is 2. The van der Waals surface area contributed by atoms with E-state index in [0.717, 1.165) is 51.7 Å². The van der Waals surface area contributed by atoms with Crippen LogP contribution in [0.15, 0.2) is 59.4 Å². The van der Waals surface area contributed by atoms with E-state index in [1.165, 1.54) is 11.1 Å². The van der Waals surface area contributed by atoms with Crippen LogP contribution in [0.5, 0.6) is 0 Å². The maximum absolute atomic E-state index is 6.05. The molecule has 2 heterocycles. The summed E-state index contributed by atoms with van der Waals surface area (Å²) in [6, 6.07) is 14.5. The molecule has 0 amide bonds. The second-order valence-electron chi connectivity index (χ2n) is 7.10. The average Bonchev–Trinajstić information content (AvgIpc) is 3.33. The third kappa shape index (κ3) is 2.98. The number of hydrogen-bond acceptors (Lipinski definition) is 4. The molecule has 1 unspecified atom stereocenters. The molecular weight excluding hydrogens is 372 g/mol. The van der Waals surface area contributed by atoms with Crippen molar-refractivity contribution < 1.29 is 4.52 Å². The first-order valence-corrected chi connectivity index (χ1v) is 9.67. The minimum absolute atomic E-state index is 0.144. The van der Waals surface area contributed by atoms with Gasteiger partial charge in [0.2, 0.25) is 0 Å². The van der Waals surface area contributed by atoms with Gasteiger partial charge in [-0.15, -0.1) is 0 Å². The second kappa shape index (κ2) is 6.84. The van der Waals surface area contributed by atoms with E-state index in [9.17, 15) is 0 Å². The first kappa shape index (κ1) is 17.1. The lowest BCUT2D eigenvalue weighted by Gasteiger charge is -2.21. The predicted molar refractivity (Wildman–Crippen MR) is 110 cm³/mol. The van der Waals surface area contributed by atoms with Crippen molar-refractivity contribution in [2.45, 2.75) is 25.8 Å². The molecule has 0 saturated heterocycles. The summed E-state index contributed by atoms with van der Waals surface area (Å²) in [5.74, 6) is 0.954. The van der Waals surface area contributed by atoms with Crippen LogP contribution in [-0.4, -0.2) is 15.4 Å². The van der Waals surface area contributed by atoms with E-state index in [-0.39, 0.29) is 6.04 Å². The van der Waals surface area contributed by atoms with Crippen LogP contribution in [0.3, 0.4) is 0 Å². The molecule has 2 aromatic carbocycles. The number of fused-ring (bicyclic) bond motifs is 3. The van der Waals surface area contributed by atoms with Crippen LogP contribution in [0.2, 0.25) is 5.02 Å². The van der Waals surface area contributed by atoms with Gasteiger partial charge >= 0.3 is 0 Å². The molecule has 5 nitrogen and oxygen atoms in total. The average molecular weight is 391 g/mol. The van der Waals surface area contributed by atoms with Crippen LogP contribution in [0.25, 0.3) is 22.3 Å². The van der Waals surface area contributed by atoms with Crippen molar-refractivity contribution in [1.82, 2.24) is 15.4 Å². The van der Waals surface area contributed by atoms with Crippen molar-refractivity contribution in [2.75, 3.05) is 5.32 Å². The van der Waals surface area contributed by atoms with Crippen LogP contribution in [0.4, 0.5) is 5.69 Å². The lowest BCUT2D eigenvalue weighted by Crippen LogP contribution is -2.11. The number of hydrogen-bond donors (Lipinski definition) is 2. The number of anilines is 1. The zero-order valence-corrected chi connectivity index (χ0v) is 16.1. The van der Waals surface area contributed by atoms with Gasteiger partial charge in [-0.25, -0.2) is 0 Å². The topological polar surface area (TPSA) is 66.7 Å². The van der Waals surface area contributed by atoms with Gasteiger partial charge < -0.3 is 9.84 Å². The fraction of sp³-hybridized carbons (Fsp3) is 0.182. The van der Waals surface area contributed by atoms with E-state index >= 15 is 0 Å². The number of nitrogens with one attached hydrogen (secondary N) is 2. The number of halogens is 1. The van der Waals surface area contributed by atoms with Gasteiger partial charge in [0, 0.05) is 34.5 Å². The van der Waals surface area contributed by atoms with Gasteiger partial charge in [0.15, 0.2) is 0 Å². The number of aryl methyl sites for hydroxylation is 2. The lowest BCUT2D eigenvalue weighted by atomic mass is 9.92. The van der Waals surface area contributed by atoms with E-state index in [4.69, 9.17) is 16.1 Å². The Balaban J connectivity index is 1.62. The summed E-state index contributed by atoms with van der Waals surface area (Å²) in [5, 5.41) is 15.6. The molecule has 1 aliphatic carbocycles. The van der Waals surface area contributed by atoms with Crippen molar-refractivity contribution in [1.29, 1.82) is 0 Å². The smallest absolute Gasteiger partial charge is 0.144 e. The predicted octanol–water partition coefficient (Wildman–Crippen LogP) is 5.79. The van der Waals surface area contributed by atoms with Crippen LogP contribution < -0.4 is 5.32 Å². The molecule has 0 saturated carbocycles. The highest BCUT2D eigenvalue weighted by molar-refractivity contribution is 6.30. The first-order valence-electron chi connectivity index (χ1n) is 9.30. The molecular formula is C22H19ClN4O. The third-order valence-corrected chi connectivity index (χ3v) is 5.56. The summed E-state index contributed by atoms with van der Waals surface area (Å²) in [4.78, 5) is 0. The van der Waals surface area contributed by atoms with Gasteiger partial charge in [0.05, 0.1) is 17.9 Å². The SMILES string of the molecule is Cc1noc2c1-c1ccc(-c3cn[nH]c3)cc1C(Nc1ccc(Cl)cc1)CC2. The van der Waals surface area contributed by atoms with E-state index < -0.39 is 0 Å². The molecule has 140 valence electrons. The molecule has 0 fully saturated rings. The highest BCUT2D eigenvalue weighted by Gasteiger charge is 2.27. The molecule has 0 bridgehead atoms. The van der Waals surface area contributed by atoms with Crippen molar-refractivity contribution in [2.24, 2.45) is 0 Å². The highest BCUT2D eigenvalue weighted by Crippen LogP contribution is 2.41. The van der Waals surface area contributed by atoms with Crippen molar-refractivity contribution in [3.8, 4) is 22.3 Å². The highest BCUT2D eigenvalue weighted by atomic mass is 35.5. The molecule has 6 heteroatoms. The minimum Gasteiger partial charge on any atom is -0.378 e. The first-order chi connectivity index (χ1) is 13.7. The Labute approximate surface area is 167 Å². The largest absolute Gasteiger partial charge is 0.378 e. The molecule has 0 spiro atoms. The standard InChI is InChI=1S/C22H19ClN4O/c1-13-22-18-7-2-14(15-11-24-25-12-15)10-19(18)20(8-9-21(22)28-27-13)26-17-5-3-16(23)4-6-17/h2-7,10-12,20,26H,8-9H2,1H3,(H,24,25). The Morgan fingerprint density at radius 1 is 1.14 bits per heavy atom. The number of rotatable bonds is 3. The maximum Gasteiger partial charge on any atom is 0.144 e. The fourth-order valence-corrected chi connectivity index (χ4v) is 4.05. The number of aromatic nitrogens is 3. The van der Waals surface area contributed by atoms with Gasteiger partial charge in [-0.2, -0.15) is 5.10 Å². The quantitative estimate of drug-likeness (QED) is 0.464. The fourth-order valence-electron chi connectivity index (χ4n) is 3.93. The minimum atomic E-state index is 0.144. The number of nitrogens with zero attached hydrogens (tertiary/aromatic N) is 2. The van der Waals surface area contributed by atoms with E-state index in [1.54, 1.807) is 0 Å². The summed E-state index contributed by atoms with van der Waals surface area (Å²) in [6.45, 7) is 2.00. The Morgan fingerprint density at radius 2 is 2.00 bits per heavy atom. The van der Waals surface area contributed by atoms with Gasteiger partial charge in [0.1, 0.15) is 5.76 Å². The Hall–Kier alpha value is -3.05. The van der Waals surface area contributed by atoms with E-state index in [1.807, 2.05) is 43.6 Å². The molecule has 4 aromatic rings. The summed E-state index contributed by atoms with van der Waals surface area (Å²) in [5.41, 5.74) is 7.70. The van der Waals surface area contributed by atoms with Crippen LogP contribution >= 0.6 is 11.6 Å². The van der Waals surface area contributed by atoms with Crippen LogP contribution in [0, 0.1) is 6.92 Å². The zero-order chi connectivity index (χ0) is 19.1. The van der Waals surface area contributed by atoms with Gasteiger partial charge in [-0.3, -0.25) is 5.10 Å². The maximum atomic E-state index is 6.05. The molecule has 28 heavy (non-hydrogen) atoms. The van der Waals surface area contributed by atoms with Gasteiger partial charge in [-0.1, -0.05) is 28.9 Å². The molecule has 1 aliphatic rings. The molecule has 2 N–H and O–H groups in total. The second-order valence-corrected chi connectivity index (χ2v) is 7.53. The van der Waals surface area contributed by atoms with Gasteiger partial charge in [-0.05, 0) is 60.4 Å². The Kier molecular flexibility index (Phi) is 4.17.